The van der Waals surface area contributed by atoms with Crippen LogP contribution >= 0.6 is 0 Å². The van der Waals surface area contributed by atoms with Crippen LogP contribution in [0.2, 0.25) is 0 Å². The van der Waals surface area contributed by atoms with Crippen LogP contribution in [-0.2, 0) is 16.1 Å². The minimum Gasteiger partial charge on any atom is -0.378 e. The van der Waals surface area contributed by atoms with Crippen LogP contribution in [0.25, 0.3) is 10.9 Å². The number of ether oxygens (including phenoxy) is 1. The fraction of sp³-hybridized carbons (Fsp3) is 0.500. The summed E-state index contributed by atoms with van der Waals surface area (Å²) in [6.45, 7) is 7.21. The molecule has 7 heteroatoms. The SMILES string of the molecule is O=C(CN1CCN(Cc2cc(F)cc3cccnc23)CC1)N1CCOCC1. The van der Waals surface area contributed by atoms with Crippen LogP contribution in [0.5, 0.6) is 0 Å². The predicted octanol–water partition coefficient (Wildman–Crippen LogP) is 1.35. The quantitative estimate of drug-likeness (QED) is 0.811. The molecule has 27 heavy (non-hydrogen) atoms. The molecule has 1 amide bonds. The number of pyridine rings is 1. The number of carbonyl (C=O) groups excluding carboxylic acids is 1. The fourth-order valence-electron chi connectivity index (χ4n) is 3.80. The molecule has 4 rings (SSSR count). The summed E-state index contributed by atoms with van der Waals surface area (Å²) in [4.78, 5) is 23.2. The van der Waals surface area contributed by atoms with Gasteiger partial charge >= 0.3 is 0 Å². The first-order chi connectivity index (χ1) is 13.2. The summed E-state index contributed by atoms with van der Waals surface area (Å²) in [5.74, 6) is -0.0349. The molecule has 0 saturated carbocycles. The molecule has 144 valence electrons. The zero-order valence-electron chi connectivity index (χ0n) is 15.4. The number of aromatic nitrogens is 1. The van der Waals surface area contributed by atoms with Gasteiger partial charge in [-0.25, -0.2) is 4.39 Å². The Morgan fingerprint density at radius 3 is 2.59 bits per heavy atom. The molecule has 6 nitrogen and oxygen atoms in total. The molecule has 1 aromatic heterocycles. The molecule has 0 spiro atoms. The number of amides is 1. The van der Waals surface area contributed by atoms with Gasteiger partial charge in [0.2, 0.25) is 5.91 Å². The number of rotatable bonds is 4. The van der Waals surface area contributed by atoms with Crippen LogP contribution < -0.4 is 0 Å². The Kier molecular flexibility index (Phi) is 5.61. The average molecular weight is 372 g/mol. The van der Waals surface area contributed by atoms with Crippen molar-refractivity contribution in [3.8, 4) is 0 Å². The van der Waals surface area contributed by atoms with Crippen molar-refractivity contribution in [1.29, 1.82) is 0 Å². The van der Waals surface area contributed by atoms with E-state index >= 15 is 0 Å². The summed E-state index contributed by atoms with van der Waals surface area (Å²) in [5, 5.41) is 0.835. The number of hydrogen-bond donors (Lipinski definition) is 0. The number of halogens is 1. The van der Waals surface area contributed by atoms with Gasteiger partial charge in [-0.1, -0.05) is 6.07 Å². The van der Waals surface area contributed by atoms with Crippen molar-refractivity contribution in [2.24, 2.45) is 0 Å². The minimum atomic E-state index is -0.222. The van der Waals surface area contributed by atoms with Crippen molar-refractivity contribution in [2.75, 3.05) is 59.0 Å². The molecule has 3 heterocycles. The molecule has 0 aliphatic carbocycles. The first-order valence-electron chi connectivity index (χ1n) is 9.52. The van der Waals surface area contributed by atoms with Gasteiger partial charge in [0.15, 0.2) is 0 Å². The number of morpholine rings is 1. The lowest BCUT2D eigenvalue weighted by molar-refractivity contribution is -0.136. The molecule has 0 atom stereocenters. The number of fused-ring (bicyclic) bond motifs is 1. The number of benzene rings is 1. The summed E-state index contributed by atoms with van der Waals surface area (Å²) in [6.07, 6.45) is 1.75. The summed E-state index contributed by atoms with van der Waals surface area (Å²) in [6, 6.07) is 6.84. The van der Waals surface area contributed by atoms with Crippen molar-refractivity contribution in [2.45, 2.75) is 6.54 Å². The highest BCUT2D eigenvalue weighted by Gasteiger charge is 2.23. The lowest BCUT2D eigenvalue weighted by atomic mass is 10.1. The van der Waals surface area contributed by atoms with Crippen LogP contribution in [0, 0.1) is 5.82 Å². The van der Waals surface area contributed by atoms with Crippen molar-refractivity contribution < 1.29 is 13.9 Å². The lowest BCUT2D eigenvalue weighted by Crippen LogP contribution is -2.51. The minimum absolute atomic E-state index is 0.187. The van der Waals surface area contributed by atoms with E-state index in [1.54, 1.807) is 12.3 Å². The monoisotopic (exact) mass is 372 g/mol. The first kappa shape index (κ1) is 18.3. The van der Waals surface area contributed by atoms with Gasteiger partial charge in [0.1, 0.15) is 5.82 Å². The van der Waals surface area contributed by atoms with Crippen LogP contribution in [0.15, 0.2) is 30.5 Å². The maximum absolute atomic E-state index is 13.9. The Hall–Kier alpha value is -2.09. The van der Waals surface area contributed by atoms with Gasteiger partial charge in [-0.15, -0.1) is 0 Å². The highest BCUT2D eigenvalue weighted by molar-refractivity contribution is 5.81. The third-order valence-corrected chi connectivity index (χ3v) is 5.33. The standard InChI is InChI=1S/C20H25FN4O2/c21-18-12-16-2-1-3-22-20(16)17(13-18)14-23-4-6-24(7-5-23)15-19(26)25-8-10-27-11-9-25/h1-3,12-13H,4-11,14-15H2. The largest absolute Gasteiger partial charge is 0.378 e. The van der Waals surface area contributed by atoms with E-state index < -0.39 is 0 Å². The van der Waals surface area contributed by atoms with Crippen LogP contribution in [0.3, 0.4) is 0 Å². The molecule has 2 aliphatic heterocycles. The Labute approximate surface area is 158 Å². The van der Waals surface area contributed by atoms with Crippen molar-refractivity contribution in [3.63, 3.8) is 0 Å². The van der Waals surface area contributed by atoms with E-state index in [9.17, 15) is 9.18 Å². The van der Waals surface area contributed by atoms with E-state index in [0.717, 1.165) is 42.6 Å². The van der Waals surface area contributed by atoms with Crippen molar-refractivity contribution >= 4 is 16.8 Å². The molecular formula is C20H25FN4O2. The maximum atomic E-state index is 13.9. The summed E-state index contributed by atoms with van der Waals surface area (Å²) < 4.78 is 19.2. The zero-order chi connectivity index (χ0) is 18.6. The van der Waals surface area contributed by atoms with Crippen LogP contribution in [0.1, 0.15) is 5.56 Å². The highest BCUT2D eigenvalue weighted by atomic mass is 19.1. The van der Waals surface area contributed by atoms with E-state index in [-0.39, 0.29) is 11.7 Å². The summed E-state index contributed by atoms with van der Waals surface area (Å²) in [5.41, 5.74) is 1.78. The summed E-state index contributed by atoms with van der Waals surface area (Å²) in [7, 11) is 0. The van der Waals surface area contributed by atoms with E-state index in [1.807, 2.05) is 17.0 Å². The second kappa shape index (κ2) is 8.29. The Balaban J connectivity index is 1.33. The van der Waals surface area contributed by atoms with Crippen LogP contribution in [-0.4, -0.2) is 84.6 Å². The molecule has 0 N–H and O–H groups in total. The first-order valence-corrected chi connectivity index (χ1v) is 9.52. The second-order valence-electron chi connectivity index (χ2n) is 7.19. The lowest BCUT2D eigenvalue weighted by Gasteiger charge is -2.36. The van der Waals surface area contributed by atoms with Crippen molar-refractivity contribution in [1.82, 2.24) is 19.7 Å². The van der Waals surface area contributed by atoms with Gasteiger partial charge in [0, 0.05) is 57.4 Å². The fourth-order valence-corrected chi connectivity index (χ4v) is 3.80. The Morgan fingerprint density at radius 1 is 1.07 bits per heavy atom. The number of carbonyl (C=O) groups is 1. The molecule has 2 saturated heterocycles. The molecule has 2 aliphatic rings. The second-order valence-corrected chi connectivity index (χ2v) is 7.19. The molecule has 2 aromatic rings. The molecule has 1 aromatic carbocycles. The molecular weight excluding hydrogens is 347 g/mol. The van der Waals surface area contributed by atoms with Crippen molar-refractivity contribution in [3.05, 3.63) is 41.8 Å². The summed E-state index contributed by atoms with van der Waals surface area (Å²) >= 11 is 0. The van der Waals surface area contributed by atoms with Gasteiger partial charge in [-0.3, -0.25) is 19.6 Å². The van der Waals surface area contributed by atoms with E-state index in [2.05, 4.69) is 14.8 Å². The predicted molar refractivity (Wildman–Crippen MR) is 101 cm³/mol. The maximum Gasteiger partial charge on any atom is 0.236 e. The van der Waals surface area contributed by atoms with Gasteiger partial charge < -0.3 is 9.64 Å². The average Bonchev–Trinajstić information content (AvgIpc) is 2.70. The van der Waals surface area contributed by atoms with Crippen LogP contribution in [0.4, 0.5) is 4.39 Å². The molecule has 2 fully saturated rings. The smallest absolute Gasteiger partial charge is 0.236 e. The molecule has 0 radical (unpaired) electrons. The topological polar surface area (TPSA) is 48.9 Å². The molecule has 0 unspecified atom stereocenters. The number of piperazine rings is 1. The Morgan fingerprint density at radius 2 is 1.81 bits per heavy atom. The van der Waals surface area contributed by atoms with Gasteiger partial charge in [-0.2, -0.15) is 0 Å². The van der Waals surface area contributed by atoms with Gasteiger partial charge in [0.05, 0.1) is 25.3 Å². The van der Waals surface area contributed by atoms with Gasteiger partial charge in [-0.05, 0) is 23.8 Å². The molecule has 0 bridgehead atoms. The highest BCUT2D eigenvalue weighted by Crippen LogP contribution is 2.20. The van der Waals surface area contributed by atoms with Gasteiger partial charge in [0.25, 0.3) is 0 Å². The van der Waals surface area contributed by atoms with E-state index in [0.29, 0.717) is 39.4 Å². The zero-order valence-corrected chi connectivity index (χ0v) is 15.4. The van der Waals surface area contributed by atoms with E-state index in [1.165, 1.54) is 6.07 Å². The third-order valence-electron chi connectivity index (χ3n) is 5.33. The normalized spacial score (nSPS) is 19.5. The third kappa shape index (κ3) is 4.43. The van der Waals surface area contributed by atoms with E-state index in [4.69, 9.17) is 4.74 Å². The Bertz CT molecular complexity index is 802. The number of hydrogen-bond acceptors (Lipinski definition) is 5. The number of nitrogens with zero attached hydrogens (tertiary/aromatic N) is 4.